The Kier molecular flexibility index (Phi) is 5.12. The minimum Gasteiger partial charge on any atom is -0.486 e. The van der Waals surface area contributed by atoms with Gasteiger partial charge in [-0.2, -0.15) is 0 Å². The molecule has 144 valence electrons. The van der Waals surface area contributed by atoms with Crippen LogP contribution in [0.1, 0.15) is 6.42 Å². The molecule has 1 aromatic heterocycles. The molecule has 1 unspecified atom stereocenters. The minimum atomic E-state index is -0.259. The Morgan fingerprint density at radius 1 is 1.18 bits per heavy atom. The number of fused-ring (bicyclic) bond motifs is 2. The lowest BCUT2D eigenvalue weighted by Gasteiger charge is -2.26. The van der Waals surface area contributed by atoms with Crippen LogP contribution in [-0.2, 0) is 11.3 Å². The Morgan fingerprint density at radius 3 is 2.79 bits per heavy atom. The maximum Gasteiger partial charge on any atom is 0.262 e. The summed E-state index contributed by atoms with van der Waals surface area (Å²) in [7, 11) is 0. The first-order chi connectivity index (χ1) is 13.6. The first-order valence-corrected chi connectivity index (χ1v) is 9.39. The summed E-state index contributed by atoms with van der Waals surface area (Å²) >= 11 is 5.26. The predicted octanol–water partition coefficient (Wildman–Crippen LogP) is 2.41. The molecule has 4 rings (SSSR count). The summed E-state index contributed by atoms with van der Waals surface area (Å²) in [5.74, 6) is 1.19. The van der Waals surface area contributed by atoms with E-state index in [0.29, 0.717) is 40.3 Å². The SMILES string of the molecule is O=C(CCn1c(=S)[nH]c2ccccc2c1=O)NCC1COc2ccccc2O1. The molecule has 8 heteroatoms. The first kappa shape index (κ1) is 18.2. The fraction of sp³-hybridized carbons (Fsp3) is 0.250. The smallest absolute Gasteiger partial charge is 0.262 e. The van der Waals surface area contributed by atoms with Crippen molar-refractivity contribution < 1.29 is 14.3 Å². The van der Waals surface area contributed by atoms with Gasteiger partial charge in [0.05, 0.1) is 17.4 Å². The minimum absolute atomic E-state index is 0.139. The van der Waals surface area contributed by atoms with Gasteiger partial charge in [0.2, 0.25) is 5.91 Å². The number of rotatable bonds is 5. The summed E-state index contributed by atoms with van der Waals surface area (Å²) in [6.45, 7) is 0.898. The number of hydrogen-bond donors (Lipinski definition) is 2. The molecule has 0 saturated heterocycles. The molecule has 1 amide bonds. The third-order valence-corrected chi connectivity index (χ3v) is 4.87. The number of ether oxygens (including phenoxy) is 2. The lowest BCUT2D eigenvalue weighted by Crippen LogP contribution is -2.41. The highest BCUT2D eigenvalue weighted by molar-refractivity contribution is 7.71. The van der Waals surface area contributed by atoms with Crippen LogP contribution in [0.15, 0.2) is 53.3 Å². The van der Waals surface area contributed by atoms with Crippen molar-refractivity contribution in [3.05, 3.63) is 63.7 Å². The van der Waals surface area contributed by atoms with Crippen molar-refractivity contribution in [2.75, 3.05) is 13.2 Å². The maximum absolute atomic E-state index is 12.6. The molecule has 28 heavy (non-hydrogen) atoms. The quantitative estimate of drug-likeness (QED) is 0.646. The van der Waals surface area contributed by atoms with Crippen molar-refractivity contribution in [2.24, 2.45) is 0 Å². The molecule has 0 radical (unpaired) electrons. The standard InChI is InChI=1S/C20H19N3O4S/c24-18(21-11-13-12-26-16-7-3-4-8-17(16)27-13)9-10-23-19(25)14-5-1-2-6-15(14)22-20(23)28/h1-8,13H,9-12H2,(H,21,24)(H,22,28). The highest BCUT2D eigenvalue weighted by atomic mass is 32.1. The van der Waals surface area contributed by atoms with Gasteiger partial charge in [-0.05, 0) is 36.5 Å². The van der Waals surface area contributed by atoms with Gasteiger partial charge in [-0.15, -0.1) is 0 Å². The Morgan fingerprint density at radius 2 is 1.93 bits per heavy atom. The Hall–Kier alpha value is -3.13. The number of amides is 1. The van der Waals surface area contributed by atoms with E-state index in [4.69, 9.17) is 21.7 Å². The van der Waals surface area contributed by atoms with Crippen LogP contribution in [0.4, 0.5) is 0 Å². The van der Waals surface area contributed by atoms with Crippen LogP contribution in [-0.4, -0.2) is 34.7 Å². The van der Waals surface area contributed by atoms with Crippen molar-refractivity contribution in [3.8, 4) is 11.5 Å². The fourth-order valence-corrected chi connectivity index (χ4v) is 3.38. The van der Waals surface area contributed by atoms with E-state index in [1.165, 1.54) is 4.57 Å². The second kappa shape index (κ2) is 7.85. The van der Waals surface area contributed by atoms with Crippen LogP contribution in [0.2, 0.25) is 0 Å². The summed E-state index contributed by atoms with van der Waals surface area (Å²) in [5.41, 5.74) is 0.487. The summed E-state index contributed by atoms with van der Waals surface area (Å²) in [6, 6.07) is 14.6. The lowest BCUT2D eigenvalue weighted by molar-refractivity contribution is -0.121. The summed E-state index contributed by atoms with van der Waals surface area (Å²) in [4.78, 5) is 27.8. The topological polar surface area (TPSA) is 85.4 Å². The van der Waals surface area contributed by atoms with Crippen molar-refractivity contribution in [2.45, 2.75) is 19.1 Å². The number of aromatic amines is 1. The number of aromatic nitrogens is 2. The van der Waals surface area contributed by atoms with Crippen LogP contribution in [0.5, 0.6) is 11.5 Å². The summed E-state index contributed by atoms with van der Waals surface area (Å²) in [6.07, 6.45) is -0.120. The first-order valence-electron chi connectivity index (χ1n) is 8.99. The molecule has 0 aliphatic carbocycles. The molecule has 0 spiro atoms. The molecule has 0 saturated carbocycles. The number of carbonyl (C=O) groups excluding carboxylic acids is 1. The molecule has 1 atom stereocenters. The van der Waals surface area contributed by atoms with Gasteiger partial charge in [-0.3, -0.25) is 14.2 Å². The van der Waals surface area contributed by atoms with Crippen molar-refractivity contribution in [1.82, 2.24) is 14.9 Å². The van der Waals surface area contributed by atoms with Crippen molar-refractivity contribution >= 4 is 29.0 Å². The Labute approximate surface area is 165 Å². The van der Waals surface area contributed by atoms with Crippen LogP contribution < -0.4 is 20.3 Å². The molecule has 7 nitrogen and oxygen atoms in total. The van der Waals surface area contributed by atoms with Gasteiger partial charge < -0.3 is 19.8 Å². The third-order valence-electron chi connectivity index (χ3n) is 4.55. The number of benzene rings is 2. The average molecular weight is 397 g/mol. The van der Waals surface area contributed by atoms with Gasteiger partial charge in [-0.25, -0.2) is 0 Å². The third kappa shape index (κ3) is 3.77. The van der Waals surface area contributed by atoms with E-state index in [0.717, 1.165) is 0 Å². The van der Waals surface area contributed by atoms with Gasteiger partial charge in [-0.1, -0.05) is 24.3 Å². The zero-order valence-corrected chi connectivity index (χ0v) is 15.8. The summed E-state index contributed by atoms with van der Waals surface area (Å²) in [5, 5.41) is 3.37. The molecule has 1 aliphatic rings. The van der Waals surface area contributed by atoms with E-state index in [1.807, 2.05) is 30.3 Å². The van der Waals surface area contributed by atoms with E-state index in [1.54, 1.807) is 18.2 Å². The Bertz CT molecular complexity index is 1140. The highest BCUT2D eigenvalue weighted by Crippen LogP contribution is 2.30. The van der Waals surface area contributed by atoms with Crippen LogP contribution in [0.25, 0.3) is 10.9 Å². The normalized spacial score (nSPS) is 15.4. The van der Waals surface area contributed by atoms with Gasteiger partial charge in [0.1, 0.15) is 12.7 Å². The van der Waals surface area contributed by atoms with Crippen LogP contribution in [0.3, 0.4) is 0 Å². The number of H-pyrrole nitrogens is 1. The number of para-hydroxylation sites is 3. The predicted molar refractivity (Wildman–Crippen MR) is 107 cm³/mol. The monoisotopic (exact) mass is 397 g/mol. The van der Waals surface area contributed by atoms with E-state index < -0.39 is 0 Å². The largest absolute Gasteiger partial charge is 0.486 e. The van der Waals surface area contributed by atoms with Gasteiger partial charge in [0.15, 0.2) is 16.3 Å². The van der Waals surface area contributed by atoms with Crippen molar-refractivity contribution in [3.63, 3.8) is 0 Å². The zero-order valence-electron chi connectivity index (χ0n) is 15.0. The van der Waals surface area contributed by atoms with Crippen molar-refractivity contribution in [1.29, 1.82) is 0 Å². The van der Waals surface area contributed by atoms with E-state index >= 15 is 0 Å². The molecule has 2 N–H and O–H groups in total. The number of nitrogens with zero attached hydrogens (tertiary/aromatic N) is 1. The van der Waals surface area contributed by atoms with Crippen LogP contribution >= 0.6 is 12.2 Å². The van der Waals surface area contributed by atoms with Gasteiger partial charge in [0.25, 0.3) is 5.56 Å². The van der Waals surface area contributed by atoms with E-state index in [9.17, 15) is 9.59 Å². The van der Waals surface area contributed by atoms with Gasteiger partial charge >= 0.3 is 0 Å². The summed E-state index contributed by atoms with van der Waals surface area (Å²) < 4.78 is 13.2. The lowest BCUT2D eigenvalue weighted by atomic mass is 10.2. The maximum atomic E-state index is 12.6. The Balaban J connectivity index is 1.35. The van der Waals surface area contributed by atoms with Crippen LogP contribution in [0, 0.1) is 4.77 Å². The molecule has 0 bridgehead atoms. The molecule has 2 aromatic carbocycles. The number of carbonyl (C=O) groups is 1. The second-order valence-corrected chi connectivity index (χ2v) is 6.87. The molecule has 2 heterocycles. The molecular formula is C20H19N3O4S. The van der Waals surface area contributed by atoms with E-state index in [-0.39, 0.29) is 30.5 Å². The fourth-order valence-electron chi connectivity index (χ4n) is 3.10. The zero-order chi connectivity index (χ0) is 19.5. The molecule has 3 aromatic rings. The molecular weight excluding hydrogens is 378 g/mol. The van der Waals surface area contributed by atoms with Gasteiger partial charge in [0, 0.05) is 13.0 Å². The number of hydrogen-bond acceptors (Lipinski definition) is 5. The highest BCUT2D eigenvalue weighted by Gasteiger charge is 2.21. The number of nitrogens with one attached hydrogen (secondary N) is 2. The average Bonchev–Trinajstić information content (AvgIpc) is 2.72. The van der Waals surface area contributed by atoms with E-state index in [2.05, 4.69) is 10.3 Å². The molecule has 1 aliphatic heterocycles. The molecule has 0 fully saturated rings. The second-order valence-electron chi connectivity index (χ2n) is 6.48.